The van der Waals surface area contributed by atoms with Gasteiger partial charge >= 0.3 is 29.8 Å². The van der Waals surface area contributed by atoms with Crippen LogP contribution in [-0.4, -0.2) is 130 Å². The smallest absolute Gasteiger partial charge is 0.303 e. The van der Waals surface area contributed by atoms with Crippen LogP contribution in [0.15, 0.2) is 0 Å². The largest absolute Gasteiger partial charge is 0.456 e. The van der Waals surface area contributed by atoms with Crippen molar-refractivity contribution in [3.63, 3.8) is 0 Å². The van der Waals surface area contributed by atoms with Crippen molar-refractivity contribution in [2.45, 2.75) is 200 Å². The van der Waals surface area contributed by atoms with Crippen LogP contribution in [0.4, 0.5) is 0 Å². The molecule has 8 aliphatic rings. The summed E-state index contributed by atoms with van der Waals surface area (Å²) >= 11 is 4.14. The molecule has 4 saturated heterocycles. The molecule has 4 saturated carbocycles. The molecule has 4 aliphatic heterocycles. The summed E-state index contributed by atoms with van der Waals surface area (Å²) in [4.78, 5) is 77.9. The Hall–Kier alpha value is -1.76. The van der Waals surface area contributed by atoms with E-state index in [9.17, 15) is 28.8 Å². The molecule has 0 aromatic carbocycles. The molecule has 17 nitrogen and oxygen atoms in total. The second-order valence-corrected chi connectivity index (χ2v) is 23.3. The van der Waals surface area contributed by atoms with Gasteiger partial charge in [0.25, 0.3) is 0 Å². The van der Waals surface area contributed by atoms with Crippen molar-refractivity contribution < 1.29 is 80.9 Å². The lowest BCUT2D eigenvalue weighted by molar-refractivity contribution is -0.357. The van der Waals surface area contributed by atoms with E-state index in [1.165, 1.54) is 27.7 Å². The van der Waals surface area contributed by atoms with Crippen molar-refractivity contribution >= 4 is 80.8 Å². The van der Waals surface area contributed by atoms with Gasteiger partial charge in [0.2, 0.25) is 0 Å². The summed E-state index contributed by atoms with van der Waals surface area (Å²) < 4.78 is 69.2. The number of ketones is 1. The molecule has 19 heteroatoms. The van der Waals surface area contributed by atoms with Gasteiger partial charge in [-0.2, -0.15) is 0 Å². The molecule has 4 heterocycles. The summed E-state index contributed by atoms with van der Waals surface area (Å²) in [5.74, 6) is -1.89. The number of alkyl halides is 2. The van der Waals surface area contributed by atoms with Gasteiger partial charge in [-0.1, -0.05) is 72.9 Å². The average molecular weight is 1180 g/mol. The maximum atomic E-state index is 14.8. The summed E-state index contributed by atoms with van der Waals surface area (Å²) in [5.41, 5.74) is -0.367. The molecule has 0 N–H and O–H groups in total. The second-order valence-electron chi connectivity index (χ2n) is 21.5. The van der Waals surface area contributed by atoms with Gasteiger partial charge in [-0.05, 0) is 85.4 Å². The standard InChI is InChI=1S/C49H70I2O17/c1-22-12-15-49(58-21-22)23(2)37-34(68-49)17-32-31-11-10-29-16-30(13-14-47(29,8)38(31)33(57)18-48(32,37)9)64-45-43(62-27(6)55)42(61-26(5)54)40(36(20-51)65-45)67-46-44(63-28(7)56)41(60-25(4)53)39(59-24(3)52)35(19-50)66-46/h22-23,29-32,34-46H,10-21H2,1-9H3/t22-,23?,29+,30+,31+,32+,34?,35-,36-,37?,38-,39-,40-,41+,42+,43-,44-,45-,46+,47+,48+,49-/m1/s1. The van der Waals surface area contributed by atoms with E-state index in [1.807, 2.05) is 22.6 Å². The molecular formula is C49H70I2O17. The fourth-order valence-electron chi connectivity index (χ4n) is 14.5. The van der Waals surface area contributed by atoms with Crippen LogP contribution in [0.1, 0.15) is 120 Å². The zero-order valence-electron chi connectivity index (χ0n) is 40.7. The Labute approximate surface area is 426 Å². The van der Waals surface area contributed by atoms with Crippen LogP contribution in [0, 0.1) is 52.3 Å². The Morgan fingerprint density at radius 2 is 1.19 bits per heavy atom. The van der Waals surface area contributed by atoms with E-state index in [2.05, 4.69) is 50.3 Å². The normalized spacial score (nSPS) is 47.4. The third-order valence-corrected chi connectivity index (χ3v) is 18.9. The van der Waals surface area contributed by atoms with Crippen LogP contribution in [0.5, 0.6) is 0 Å². The Morgan fingerprint density at radius 3 is 1.75 bits per heavy atom. The Balaban J connectivity index is 1.00. The molecule has 0 amide bonds. The van der Waals surface area contributed by atoms with E-state index in [-0.39, 0.29) is 61.5 Å². The fraction of sp³-hybridized carbons (Fsp3) is 0.878. The minimum absolute atomic E-state index is 0.0566. The monoisotopic (exact) mass is 1180 g/mol. The topological polar surface area (TPSA) is 204 Å². The van der Waals surface area contributed by atoms with Gasteiger partial charge in [-0.25, -0.2) is 0 Å². The molecule has 1 spiro atoms. The summed E-state index contributed by atoms with van der Waals surface area (Å²) in [6.45, 7) is 15.9. The first kappa shape index (κ1) is 52.6. The lowest BCUT2D eigenvalue weighted by atomic mass is 9.44. The van der Waals surface area contributed by atoms with Gasteiger partial charge in [0, 0.05) is 68.2 Å². The summed E-state index contributed by atoms with van der Waals surface area (Å²) in [6.07, 6.45) is -5.00. The molecule has 0 aromatic rings. The van der Waals surface area contributed by atoms with Crippen LogP contribution in [0.2, 0.25) is 0 Å². The van der Waals surface area contributed by atoms with Crippen LogP contribution in [0.3, 0.4) is 0 Å². The lowest BCUT2D eigenvalue weighted by Gasteiger charge is -2.60. The number of carbonyl (C=O) groups excluding carboxylic acids is 6. The number of hydrogen-bond acceptors (Lipinski definition) is 17. The first-order chi connectivity index (χ1) is 32.1. The van der Waals surface area contributed by atoms with Gasteiger partial charge in [0.05, 0.1) is 24.9 Å². The van der Waals surface area contributed by atoms with Gasteiger partial charge in [0.15, 0.2) is 48.9 Å². The molecular weight excluding hydrogens is 1110 g/mol. The van der Waals surface area contributed by atoms with Gasteiger partial charge in [-0.15, -0.1) is 0 Å². The first-order valence-corrected chi connectivity index (χ1v) is 27.6. The van der Waals surface area contributed by atoms with Crippen molar-refractivity contribution in [3.05, 3.63) is 0 Å². The summed E-state index contributed by atoms with van der Waals surface area (Å²) in [6, 6.07) is 0. The number of rotatable bonds is 11. The molecule has 382 valence electrons. The molecule has 68 heavy (non-hydrogen) atoms. The van der Waals surface area contributed by atoms with Crippen molar-refractivity contribution in [1.29, 1.82) is 0 Å². The molecule has 0 radical (unpaired) electrons. The zero-order valence-corrected chi connectivity index (χ0v) is 45.0. The number of carbonyl (C=O) groups is 6. The molecule has 8 fully saturated rings. The van der Waals surface area contributed by atoms with E-state index < -0.39 is 97.0 Å². The van der Waals surface area contributed by atoms with Gasteiger partial charge in [-0.3, -0.25) is 28.8 Å². The molecule has 4 aliphatic carbocycles. The second kappa shape index (κ2) is 20.6. The quantitative estimate of drug-likeness (QED) is 0.0726. The van der Waals surface area contributed by atoms with E-state index in [0.717, 1.165) is 45.4 Å². The summed E-state index contributed by atoms with van der Waals surface area (Å²) in [5, 5.41) is 0. The fourth-order valence-corrected chi connectivity index (χ4v) is 15.9. The van der Waals surface area contributed by atoms with Crippen LogP contribution < -0.4 is 0 Å². The van der Waals surface area contributed by atoms with E-state index in [4.69, 9.17) is 52.1 Å². The predicted octanol–water partition coefficient (Wildman–Crippen LogP) is 6.36. The molecule has 0 aromatic heterocycles. The summed E-state index contributed by atoms with van der Waals surface area (Å²) in [7, 11) is 0. The molecule has 3 unspecified atom stereocenters. The van der Waals surface area contributed by atoms with E-state index in [0.29, 0.717) is 43.5 Å². The van der Waals surface area contributed by atoms with Crippen LogP contribution in [0.25, 0.3) is 0 Å². The van der Waals surface area contributed by atoms with Crippen molar-refractivity contribution in [2.24, 2.45) is 52.3 Å². The van der Waals surface area contributed by atoms with Gasteiger partial charge in [0.1, 0.15) is 18.0 Å². The highest BCUT2D eigenvalue weighted by Crippen LogP contribution is 2.70. The van der Waals surface area contributed by atoms with E-state index >= 15 is 0 Å². The highest BCUT2D eigenvalue weighted by molar-refractivity contribution is 14.1. The van der Waals surface area contributed by atoms with Crippen molar-refractivity contribution in [3.8, 4) is 0 Å². The zero-order chi connectivity index (χ0) is 49.2. The number of esters is 5. The number of Topliss-reactive ketones (excluding diaryl/α,β-unsaturated/α-hetero) is 1. The number of ether oxygens (including phenoxy) is 11. The highest BCUT2D eigenvalue weighted by atomic mass is 127. The minimum atomic E-state index is -1.47. The predicted molar refractivity (Wildman–Crippen MR) is 255 cm³/mol. The Morgan fingerprint density at radius 1 is 0.647 bits per heavy atom. The third-order valence-electron chi connectivity index (χ3n) is 17.2. The van der Waals surface area contributed by atoms with Crippen molar-refractivity contribution in [2.75, 3.05) is 15.5 Å². The SMILES string of the molecule is CC(=O)O[C@@H]1[C@@H](OC(C)=O)[C@H](O[C@H]2[C@H](OC(C)=O)[C@@H](OC(C)=O)[C@H](O[C@H]3CC[C@@]4(C)[C@@H](CC[C@@H]5[C@@H]4C(=O)C[C@]4(C)C6C(C[C@@H]54)O[C@]4(CC[C@@H](C)CO4)C6C)C3)O[C@@H]2CI)O[C@H](CI)[C@H]1OC(C)=O. The first-order valence-electron chi connectivity index (χ1n) is 24.6. The minimum Gasteiger partial charge on any atom is -0.456 e. The Bertz CT molecular complexity index is 1930. The van der Waals surface area contributed by atoms with Crippen LogP contribution in [-0.2, 0) is 80.9 Å². The maximum absolute atomic E-state index is 14.8. The Kier molecular flexibility index (Phi) is 15.9. The van der Waals surface area contributed by atoms with Crippen molar-refractivity contribution in [1.82, 2.24) is 0 Å². The molecule has 22 atom stereocenters. The van der Waals surface area contributed by atoms with Gasteiger partial charge < -0.3 is 52.1 Å². The average Bonchev–Trinajstić information content (AvgIpc) is 3.70. The number of fused-ring (bicyclic) bond motifs is 7. The third kappa shape index (κ3) is 9.88. The van der Waals surface area contributed by atoms with E-state index in [1.54, 1.807) is 0 Å². The van der Waals surface area contributed by atoms with Crippen LogP contribution >= 0.6 is 45.2 Å². The molecule has 0 bridgehead atoms. The number of hydrogen-bond donors (Lipinski definition) is 0. The molecule has 8 rings (SSSR count). The maximum Gasteiger partial charge on any atom is 0.303 e. The number of halogens is 2. The highest BCUT2D eigenvalue weighted by Gasteiger charge is 2.71. The lowest BCUT2D eigenvalue weighted by Crippen LogP contribution is -2.67.